The lowest BCUT2D eigenvalue weighted by molar-refractivity contribution is -0.139. The summed E-state index contributed by atoms with van der Waals surface area (Å²) < 4.78 is 0. The molecule has 0 aliphatic rings. The molecule has 0 spiro atoms. The molecule has 0 radical (unpaired) electrons. The third-order valence-corrected chi connectivity index (χ3v) is 3.72. The molecule has 1 unspecified atom stereocenters. The number of thiophene rings is 1. The quantitative estimate of drug-likeness (QED) is 0.749. The van der Waals surface area contributed by atoms with Crippen LogP contribution in [0.2, 0.25) is 0 Å². The molecule has 1 aromatic rings. The number of hydrogen-bond donors (Lipinski definition) is 3. The van der Waals surface area contributed by atoms with E-state index >= 15 is 0 Å². The van der Waals surface area contributed by atoms with Gasteiger partial charge in [-0.15, -0.1) is 11.3 Å². The minimum atomic E-state index is -1.01. The first kappa shape index (κ1) is 15.5. The van der Waals surface area contributed by atoms with Gasteiger partial charge >= 0.3 is 12.0 Å². The maximum absolute atomic E-state index is 11.6. The fourth-order valence-corrected chi connectivity index (χ4v) is 2.73. The van der Waals surface area contributed by atoms with Crippen LogP contribution in [0.3, 0.4) is 0 Å². The number of urea groups is 1. The second-order valence-corrected chi connectivity index (χ2v) is 5.91. The van der Waals surface area contributed by atoms with E-state index in [4.69, 9.17) is 5.11 Å². The van der Waals surface area contributed by atoms with E-state index in [0.29, 0.717) is 6.42 Å². The third-order valence-electron chi connectivity index (χ3n) is 2.69. The molecule has 19 heavy (non-hydrogen) atoms. The van der Waals surface area contributed by atoms with Gasteiger partial charge < -0.3 is 15.7 Å². The Morgan fingerprint density at radius 2 is 2.05 bits per heavy atom. The monoisotopic (exact) mass is 284 g/mol. The van der Waals surface area contributed by atoms with Crippen LogP contribution in [0.25, 0.3) is 0 Å². The van der Waals surface area contributed by atoms with Gasteiger partial charge in [0.05, 0.1) is 0 Å². The smallest absolute Gasteiger partial charge is 0.326 e. The summed E-state index contributed by atoms with van der Waals surface area (Å²) >= 11 is 1.70. The fraction of sp³-hybridized carbons (Fsp3) is 0.538. The molecule has 0 aromatic carbocycles. The predicted octanol–water partition coefficient (Wildman–Crippen LogP) is 2.15. The number of nitrogens with one attached hydrogen (secondary N) is 2. The van der Waals surface area contributed by atoms with Crippen molar-refractivity contribution in [2.45, 2.75) is 45.7 Å². The topological polar surface area (TPSA) is 78.4 Å². The average molecular weight is 284 g/mol. The second kappa shape index (κ2) is 7.13. The molecule has 1 heterocycles. The van der Waals surface area contributed by atoms with Gasteiger partial charge in [0.15, 0.2) is 0 Å². The van der Waals surface area contributed by atoms with Crippen molar-refractivity contribution >= 4 is 23.3 Å². The van der Waals surface area contributed by atoms with E-state index in [1.165, 1.54) is 9.75 Å². The average Bonchev–Trinajstić information content (AvgIpc) is 2.70. The molecule has 0 aliphatic carbocycles. The molecular weight excluding hydrogens is 264 g/mol. The molecule has 0 bridgehead atoms. The SMILES string of the molecule is CC[C@H](NC(=O)NC(C)Cc1ccc(C)s1)C(=O)O. The summed E-state index contributed by atoms with van der Waals surface area (Å²) in [7, 11) is 0. The van der Waals surface area contributed by atoms with Crippen LogP contribution in [0, 0.1) is 6.92 Å². The number of rotatable bonds is 6. The standard InChI is InChI=1S/C13H20N2O3S/c1-4-11(12(16)17)15-13(18)14-8(2)7-10-6-5-9(3)19-10/h5-6,8,11H,4,7H2,1-3H3,(H,16,17)(H2,14,15,18)/t8?,11-/m0/s1. The Balaban J connectivity index is 2.41. The number of carboxylic acid groups (broad SMARTS) is 1. The van der Waals surface area contributed by atoms with Gasteiger partial charge in [0.25, 0.3) is 0 Å². The highest BCUT2D eigenvalue weighted by Gasteiger charge is 2.18. The molecule has 2 atom stereocenters. The van der Waals surface area contributed by atoms with Crippen LogP contribution in [-0.4, -0.2) is 29.2 Å². The number of amides is 2. The van der Waals surface area contributed by atoms with Gasteiger partial charge in [0.2, 0.25) is 0 Å². The summed E-state index contributed by atoms with van der Waals surface area (Å²) in [6.07, 6.45) is 1.11. The van der Waals surface area contributed by atoms with Crippen molar-refractivity contribution in [3.8, 4) is 0 Å². The molecule has 5 nitrogen and oxygen atoms in total. The normalized spacial score (nSPS) is 13.6. The third kappa shape index (κ3) is 5.30. The summed E-state index contributed by atoms with van der Waals surface area (Å²) in [6.45, 7) is 5.66. The minimum Gasteiger partial charge on any atom is -0.480 e. The van der Waals surface area contributed by atoms with Crippen molar-refractivity contribution in [1.29, 1.82) is 0 Å². The summed E-state index contributed by atoms with van der Waals surface area (Å²) in [5.41, 5.74) is 0. The first-order valence-electron chi connectivity index (χ1n) is 6.27. The zero-order valence-electron chi connectivity index (χ0n) is 11.4. The maximum Gasteiger partial charge on any atom is 0.326 e. The van der Waals surface area contributed by atoms with Gasteiger partial charge in [-0.3, -0.25) is 0 Å². The number of hydrogen-bond acceptors (Lipinski definition) is 3. The largest absolute Gasteiger partial charge is 0.480 e. The summed E-state index contributed by atoms with van der Waals surface area (Å²) in [5, 5.41) is 14.0. The van der Waals surface area contributed by atoms with Crippen LogP contribution >= 0.6 is 11.3 Å². The molecule has 0 saturated carbocycles. The maximum atomic E-state index is 11.6. The molecule has 0 aliphatic heterocycles. The van der Waals surface area contributed by atoms with E-state index in [0.717, 1.165) is 6.42 Å². The Labute approximate surface area is 117 Å². The predicted molar refractivity (Wildman–Crippen MR) is 75.6 cm³/mol. The Bertz CT molecular complexity index is 445. The first-order valence-corrected chi connectivity index (χ1v) is 7.09. The zero-order valence-corrected chi connectivity index (χ0v) is 12.2. The Morgan fingerprint density at radius 3 is 2.53 bits per heavy atom. The van der Waals surface area contributed by atoms with Gasteiger partial charge in [-0.1, -0.05) is 6.92 Å². The van der Waals surface area contributed by atoms with Crippen molar-refractivity contribution in [1.82, 2.24) is 10.6 Å². The number of aryl methyl sites for hydroxylation is 1. The Hall–Kier alpha value is -1.56. The molecule has 1 rings (SSSR count). The summed E-state index contributed by atoms with van der Waals surface area (Å²) in [5.74, 6) is -1.01. The van der Waals surface area contributed by atoms with Crippen LogP contribution < -0.4 is 10.6 Å². The lowest BCUT2D eigenvalue weighted by atomic mass is 10.2. The molecule has 106 valence electrons. The van der Waals surface area contributed by atoms with Gasteiger partial charge in [-0.05, 0) is 32.4 Å². The van der Waals surface area contributed by atoms with Crippen molar-refractivity contribution in [3.05, 3.63) is 21.9 Å². The van der Waals surface area contributed by atoms with Crippen molar-refractivity contribution in [3.63, 3.8) is 0 Å². The molecule has 3 N–H and O–H groups in total. The highest BCUT2D eigenvalue weighted by Crippen LogP contribution is 2.16. The minimum absolute atomic E-state index is 0.0376. The van der Waals surface area contributed by atoms with Gasteiger partial charge in [0.1, 0.15) is 6.04 Å². The van der Waals surface area contributed by atoms with Crippen LogP contribution in [0.15, 0.2) is 12.1 Å². The highest BCUT2D eigenvalue weighted by molar-refractivity contribution is 7.11. The van der Waals surface area contributed by atoms with Crippen LogP contribution in [-0.2, 0) is 11.2 Å². The zero-order chi connectivity index (χ0) is 14.4. The number of aliphatic carboxylic acids is 1. The van der Waals surface area contributed by atoms with E-state index in [9.17, 15) is 9.59 Å². The van der Waals surface area contributed by atoms with E-state index in [2.05, 4.69) is 10.6 Å². The van der Waals surface area contributed by atoms with E-state index in [1.807, 2.05) is 26.0 Å². The second-order valence-electron chi connectivity index (χ2n) is 4.53. The van der Waals surface area contributed by atoms with Crippen molar-refractivity contribution in [2.75, 3.05) is 0 Å². The number of carbonyl (C=O) groups is 2. The molecule has 6 heteroatoms. The molecule has 1 aromatic heterocycles. The Kier molecular flexibility index (Phi) is 5.82. The fourth-order valence-electron chi connectivity index (χ4n) is 1.71. The van der Waals surface area contributed by atoms with Gasteiger partial charge in [-0.2, -0.15) is 0 Å². The van der Waals surface area contributed by atoms with Crippen LogP contribution in [0.4, 0.5) is 4.79 Å². The summed E-state index contributed by atoms with van der Waals surface area (Å²) in [6, 6.07) is 2.78. The lowest BCUT2D eigenvalue weighted by Crippen LogP contribution is -2.48. The van der Waals surface area contributed by atoms with Crippen LogP contribution in [0.1, 0.15) is 30.0 Å². The molecule has 0 fully saturated rings. The van der Waals surface area contributed by atoms with Crippen molar-refractivity contribution in [2.24, 2.45) is 0 Å². The summed E-state index contributed by atoms with van der Waals surface area (Å²) in [4.78, 5) is 24.9. The number of carbonyl (C=O) groups excluding carboxylic acids is 1. The number of carboxylic acids is 1. The van der Waals surface area contributed by atoms with E-state index in [1.54, 1.807) is 18.3 Å². The van der Waals surface area contributed by atoms with E-state index in [-0.39, 0.29) is 6.04 Å². The molecular formula is C13H20N2O3S. The van der Waals surface area contributed by atoms with Crippen LogP contribution in [0.5, 0.6) is 0 Å². The highest BCUT2D eigenvalue weighted by atomic mass is 32.1. The van der Waals surface area contributed by atoms with E-state index < -0.39 is 18.0 Å². The van der Waals surface area contributed by atoms with Gasteiger partial charge in [-0.25, -0.2) is 9.59 Å². The van der Waals surface area contributed by atoms with Crippen molar-refractivity contribution < 1.29 is 14.7 Å². The van der Waals surface area contributed by atoms with Gasteiger partial charge in [0, 0.05) is 22.2 Å². The first-order chi connectivity index (χ1) is 8.92. The Morgan fingerprint density at radius 1 is 1.37 bits per heavy atom. The molecule has 2 amide bonds. The lowest BCUT2D eigenvalue weighted by Gasteiger charge is -2.17. The molecule has 0 saturated heterocycles.